The standard InChI is InChI=1S/C12H12O3S/c1-7-4-12-6-16-5-11(12)3-2-8(14-11)9(7)10(13)15-12/h2-4,8-9H,5-6H2,1H3/t8-,9+,11-,12+/m1/s1. The van der Waals surface area contributed by atoms with E-state index in [0.717, 1.165) is 17.1 Å². The van der Waals surface area contributed by atoms with Crippen molar-refractivity contribution < 1.29 is 14.3 Å². The van der Waals surface area contributed by atoms with E-state index in [1.54, 1.807) is 11.8 Å². The zero-order chi connectivity index (χ0) is 11.0. The van der Waals surface area contributed by atoms with Gasteiger partial charge in [-0.1, -0.05) is 11.6 Å². The van der Waals surface area contributed by atoms with E-state index in [2.05, 4.69) is 12.2 Å². The van der Waals surface area contributed by atoms with Crippen LogP contribution < -0.4 is 0 Å². The maximum Gasteiger partial charge on any atom is 0.317 e. The Hall–Kier alpha value is -0.740. The Labute approximate surface area is 97.9 Å². The molecule has 3 nitrogen and oxygen atoms in total. The van der Waals surface area contributed by atoms with Crippen LogP contribution in [0.1, 0.15) is 6.92 Å². The van der Waals surface area contributed by atoms with Gasteiger partial charge in [-0.2, -0.15) is 11.8 Å². The second-order valence-corrected chi connectivity index (χ2v) is 5.99. The van der Waals surface area contributed by atoms with Crippen LogP contribution in [0.2, 0.25) is 0 Å². The molecule has 0 N–H and O–H groups in total. The van der Waals surface area contributed by atoms with E-state index < -0.39 is 11.2 Å². The van der Waals surface area contributed by atoms with Crippen LogP contribution in [-0.4, -0.2) is 34.8 Å². The first kappa shape index (κ1) is 9.31. The van der Waals surface area contributed by atoms with Crippen molar-refractivity contribution in [3.63, 3.8) is 0 Å². The van der Waals surface area contributed by atoms with Crippen LogP contribution in [0.25, 0.3) is 0 Å². The van der Waals surface area contributed by atoms with Crippen molar-refractivity contribution in [1.29, 1.82) is 0 Å². The quantitative estimate of drug-likeness (QED) is 0.469. The molecule has 5 aliphatic rings. The lowest BCUT2D eigenvalue weighted by atomic mass is 9.79. The first-order valence-electron chi connectivity index (χ1n) is 5.53. The predicted molar refractivity (Wildman–Crippen MR) is 60.1 cm³/mol. The van der Waals surface area contributed by atoms with Crippen LogP contribution in [-0.2, 0) is 14.3 Å². The summed E-state index contributed by atoms with van der Waals surface area (Å²) in [6.07, 6.45) is 6.16. The van der Waals surface area contributed by atoms with E-state index >= 15 is 0 Å². The Kier molecular flexibility index (Phi) is 1.49. The monoisotopic (exact) mass is 236 g/mol. The molecule has 0 radical (unpaired) electrons. The molecule has 4 bridgehead atoms. The normalized spacial score (nSPS) is 52.3. The van der Waals surface area contributed by atoms with Crippen LogP contribution in [0, 0.1) is 5.92 Å². The summed E-state index contributed by atoms with van der Waals surface area (Å²) in [7, 11) is 0. The second kappa shape index (κ2) is 2.57. The molecule has 0 aliphatic carbocycles. The molecule has 5 heterocycles. The fourth-order valence-corrected chi connectivity index (χ4v) is 4.76. The summed E-state index contributed by atoms with van der Waals surface area (Å²) in [6, 6.07) is 0. The van der Waals surface area contributed by atoms with Gasteiger partial charge >= 0.3 is 5.97 Å². The van der Waals surface area contributed by atoms with E-state index in [-0.39, 0.29) is 18.0 Å². The second-order valence-electron chi connectivity index (χ2n) is 5.00. The smallest absolute Gasteiger partial charge is 0.317 e. The first-order valence-corrected chi connectivity index (χ1v) is 6.68. The maximum atomic E-state index is 12.0. The van der Waals surface area contributed by atoms with Gasteiger partial charge in [-0.25, -0.2) is 0 Å². The van der Waals surface area contributed by atoms with Gasteiger partial charge < -0.3 is 9.47 Å². The van der Waals surface area contributed by atoms with Crippen LogP contribution in [0.3, 0.4) is 0 Å². The highest BCUT2D eigenvalue weighted by atomic mass is 32.2. The van der Waals surface area contributed by atoms with Gasteiger partial charge in [-0.05, 0) is 19.1 Å². The molecule has 5 rings (SSSR count). The lowest BCUT2D eigenvalue weighted by Crippen LogP contribution is -2.54. The Morgan fingerprint density at radius 2 is 2.25 bits per heavy atom. The lowest BCUT2D eigenvalue weighted by molar-refractivity contribution is -0.163. The number of hydrogen-bond donors (Lipinski definition) is 0. The van der Waals surface area contributed by atoms with Gasteiger partial charge in [0.05, 0.1) is 6.10 Å². The lowest BCUT2D eigenvalue weighted by Gasteiger charge is -2.38. The summed E-state index contributed by atoms with van der Waals surface area (Å²) in [5.41, 5.74) is 0.164. The van der Waals surface area contributed by atoms with E-state index in [0.29, 0.717) is 0 Å². The minimum atomic E-state index is -0.545. The molecule has 16 heavy (non-hydrogen) atoms. The molecule has 4 heteroatoms. The summed E-state index contributed by atoms with van der Waals surface area (Å²) >= 11 is 1.79. The number of esters is 1. The first-order chi connectivity index (χ1) is 7.66. The number of carbonyl (C=O) groups excluding carboxylic acids is 1. The van der Waals surface area contributed by atoms with Crippen LogP contribution >= 0.6 is 11.8 Å². The Morgan fingerprint density at radius 1 is 1.44 bits per heavy atom. The molecule has 4 atom stereocenters. The topological polar surface area (TPSA) is 35.5 Å². The summed E-state index contributed by atoms with van der Waals surface area (Å²) in [6.45, 7) is 2.02. The largest absolute Gasteiger partial charge is 0.450 e. The minimum Gasteiger partial charge on any atom is -0.450 e. The number of fused-ring (bicyclic) bond motifs is 1. The molecule has 5 aliphatic heterocycles. The van der Waals surface area contributed by atoms with Crippen molar-refractivity contribution in [3.05, 3.63) is 23.8 Å². The zero-order valence-corrected chi connectivity index (χ0v) is 9.75. The summed E-state index contributed by atoms with van der Waals surface area (Å²) in [4.78, 5) is 12.0. The average molecular weight is 236 g/mol. The van der Waals surface area contributed by atoms with Gasteiger partial charge in [0.15, 0.2) is 5.60 Å². The van der Waals surface area contributed by atoms with Crippen molar-refractivity contribution in [2.75, 3.05) is 11.5 Å². The molecule has 0 amide bonds. The number of hydrogen-bond acceptors (Lipinski definition) is 4. The van der Waals surface area contributed by atoms with Gasteiger partial charge in [0.1, 0.15) is 11.5 Å². The number of carbonyl (C=O) groups is 1. The Morgan fingerprint density at radius 3 is 3.06 bits per heavy atom. The average Bonchev–Trinajstić information content (AvgIpc) is 2.70. The number of rotatable bonds is 0. The van der Waals surface area contributed by atoms with Crippen LogP contribution in [0.15, 0.2) is 23.8 Å². The highest BCUT2D eigenvalue weighted by Crippen LogP contribution is 2.55. The van der Waals surface area contributed by atoms with Gasteiger partial charge in [0.2, 0.25) is 0 Å². The summed E-state index contributed by atoms with van der Waals surface area (Å²) < 4.78 is 11.8. The van der Waals surface area contributed by atoms with E-state index in [4.69, 9.17) is 9.47 Å². The van der Waals surface area contributed by atoms with Gasteiger partial charge in [0.25, 0.3) is 0 Å². The van der Waals surface area contributed by atoms with Crippen LogP contribution in [0.5, 0.6) is 0 Å². The molecular formula is C12H12O3S. The minimum absolute atomic E-state index is 0.112. The SMILES string of the molecule is CC1=C[C@]23CSC[C@]24C=C[C@@H](O4)[C@H]1C(=O)O3. The molecule has 0 aromatic carbocycles. The van der Waals surface area contributed by atoms with Gasteiger partial charge in [-0.15, -0.1) is 0 Å². The zero-order valence-electron chi connectivity index (χ0n) is 8.93. The molecule has 84 valence electrons. The highest BCUT2D eigenvalue weighted by molar-refractivity contribution is 7.99. The fourth-order valence-electron chi connectivity index (χ4n) is 3.26. The van der Waals surface area contributed by atoms with Crippen molar-refractivity contribution >= 4 is 17.7 Å². The fraction of sp³-hybridized carbons (Fsp3) is 0.583. The van der Waals surface area contributed by atoms with Crippen molar-refractivity contribution in [1.82, 2.24) is 0 Å². The van der Waals surface area contributed by atoms with Crippen molar-refractivity contribution in [2.24, 2.45) is 5.92 Å². The predicted octanol–water partition coefficient (Wildman–Crippen LogP) is 1.30. The molecule has 0 saturated carbocycles. The van der Waals surface area contributed by atoms with E-state index in [9.17, 15) is 4.79 Å². The Bertz CT molecular complexity index is 455. The number of thioether (sulfide) groups is 1. The summed E-state index contributed by atoms with van der Waals surface area (Å²) in [5, 5.41) is 0. The highest BCUT2D eigenvalue weighted by Gasteiger charge is 2.65. The van der Waals surface area contributed by atoms with Crippen molar-refractivity contribution in [2.45, 2.75) is 24.2 Å². The number of ether oxygens (including phenoxy) is 2. The van der Waals surface area contributed by atoms with E-state index in [1.165, 1.54) is 0 Å². The third-order valence-corrected chi connectivity index (χ3v) is 5.33. The van der Waals surface area contributed by atoms with Crippen LogP contribution in [0.4, 0.5) is 0 Å². The molecule has 2 fully saturated rings. The summed E-state index contributed by atoms with van der Waals surface area (Å²) in [5.74, 6) is 1.35. The Balaban J connectivity index is 2.01. The van der Waals surface area contributed by atoms with Gasteiger partial charge in [0, 0.05) is 11.5 Å². The van der Waals surface area contributed by atoms with Crippen molar-refractivity contribution in [3.8, 4) is 0 Å². The molecule has 0 aromatic heterocycles. The molecule has 0 unspecified atom stereocenters. The molecular weight excluding hydrogens is 224 g/mol. The molecule has 2 saturated heterocycles. The van der Waals surface area contributed by atoms with E-state index in [1.807, 2.05) is 13.0 Å². The third-order valence-electron chi connectivity index (χ3n) is 4.07. The molecule has 2 spiro atoms. The molecule has 0 aromatic rings. The van der Waals surface area contributed by atoms with Gasteiger partial charge in [-0.3, -0.25) is 4.79 Å². The maximum absolute atomic E-state index is 12.0. The third kappa shape index (κ3) is 0.821.